The number of ether oxygens (including phenoxy) is 1. The number of aryl methyl sites for hydroxylation is 2. The van der Waals surface area contributed by atoms with E-state index in [1.807, 2.05) is 41.6 Å². The first kappa shape index (κ1) is 38.5. The number of aromatic nitrogens is 6. The summed E-state index contributed by atoms with van der Waals surface area (Å²) in [6, 6.07) is 11.4. The second-order valence-electron chi connectivity index (χ2n) is 14.2. The number of rotatable bonds is 11. The lowest BCUT2D eigenvalue weighted by Gasteiger charge is -2.31. The van der Waals surface area contributed by atoms with Gasteiger partial charge in [0.15, 0.2) is 5.82 Å². The Morgan fingerprint density at radius 2 is 1.82 bits per heavy atom. The number of amides is 2. The predicted molar refractivity (Wildman–Crippen MR) is 213 cm³/mol. The van der Waals surface area contributed by atoms with Gasteiger partial charge in [0.1, 0.15) is 0 Å². The number of anilines is 1. The minimum atomic E-state index is -0.354. The number of benzene rings is 1. The highest BCUT2D eigenvalue weighted by atomic mass is 35.5. The maximum Gasteiger partial charge on any atom is 0.291 e. The zero-order valence-corrected chi connectivity index (χ0v) is 33.3. The van der Waals surface area contributed by atoms with Crippen LogP contribution in [-0.4, -0.2) is 90.7 Å². The minimum Gasteiger partial charge on any atom is -0.481 e. The molecule has 0 radical (unpaired) electrons. The molecule has 2 aliphatic rings. The standard InChI is InChI=1S/C40H46Cl2N10O3/c1-23-28(24(2)49-48-23)14-17-51-18-15-34-33(22-51)45-38(50(34)4)39(54)46-32-8-6-7-30(35(32)41)37-36(42)29(11-16-43-37)31-10-9-26(40(47-31)55-5)21-44-27-12-19-52(20-13-27)25(3)53/h6-11,16,27,44H,12-15,17-22H2,1-5H3,(H,46,54)(H,48,49). The number of carbonyl (C=O) groups is 2. The van der Waals surface area contributed by atoms with Crippen molar-refractivity contribution in [1.29, 1.82) is 0 Å². The lowest BCUT2D eigenvalue weighted by atomic mass is 10.0. The minimum absolute atomic E-state index is 0.119. The molecule has 55 heavy (non-hydrogen) atoms. The maximum absolute atomic E-state index is 13.7. The van der Waals surface area contributed by atoms with Gasteiger partial charge in [0.25, 0.3) is 5.91 Å². The van der Waals surface area contributed by atoms with Gasteiger partial charge in [-0.1, -0.05) is 41.4 Å². The van der Waals surface area contributed by atoms with E-state index in [0.29, 0.717) is 69.1 Å². The second kappa shape index (κ2) is 16.5. The average molecular weight is 786 g/mol. The van der Waals surface area contributed by atoms with Crippen LogP contribution in [0, 0.1) is 13.8 Å². The number of H-pyrrole nitrogens is 1. The second-order valence-corrected chi connectivity index (χ2v) is 15.0. The van der Waals surface area contributed by atoms with Crippen molar-refractivity contribution in [2.75, 3.05) is 38.6 Å². The number of hydrogen-bond acceptors (Lipinski definition) is 9. The fourth-order valence-electron chi connectivity index (χ4n) is 7.59. The fraction of sp³-hybridized carbons (Fsp3) is 0.400. The number of aromatic amines is 1. The Hall–Kier alpha value is -4.82. The highest BCUT2D eigenvalue weighted by molar-refractivity contribution is 6.39. The van der Waals surface area contributed by atoms with E-state index in [4.69, 9.17) is 37.9 Å². The van der Waals surface area contributed by atoms with E-state index in [1.54, 1.807) is 38.4 Å². The van der Waals surface area contributed by atoms with Crippen molar-refractivity contribution in [3.05, 3.63) is 92.4 Å². The third-order valence-electron chi connectivity index (χ3n) is 10.8. The number of halogens is 2. The molecule has 0 unspecified atom stereocenters. The van der Waals surface area contributed by atoms with Gasteiger partial charge < -0.3 is 24.8 Å². The zero-order chi connectivity index (χ0) is 38.8. The fourth-order valence-corrected chi connectivity index (χ4v) is 8.16. The van der Waals surface area contributed by atoms with Gasteiger partial charge in [0, 0.05) is 100.0 Å². The van der Waals surface area contributed by atoms with E-state index >= 15 is 0 Å². The predicted octanol–water partition coefficient (Wildman–Crippen LogP) is 6.15. The maximum atomic E-state index is 13.7. The normalized spacial score (nSPS) is 14.9. The topological polar surface area (TPSA) is 146 Å². The molecule has 6 heterocycles. The van der Waals surface area contributed by atoms with Gasteiger partial charge in [-0.2, -0.15) is 5.10 Å². The summed E-state index contributed by atoms with van der Waals surface area (Å²) in [6.07, 6.45) is 5.16. The van der Waals surface area contributed by atoms with Crippen LogP contribution >= 0.6 is 23.2 Å². The number of imidazole rings is 1. The molecule has 2 aliphatic heterocycles. The first-order valence-corrected chi connectivity index (χ1v) is 19.3. The Bertz CT molecular complexity index is 2210. The van der Waals surface area contributed by atoms with Gasteiger partial charge >= 0.3 is 0 Å². The van der Waals surface area contributed by atoms with Gasteiger partial charge in [-0.05, 0) is 56.9 Å². The van der Waals surface area contributed by atoms with Crippen molar-refractivity contribution in [2.45, 2.75) is 65.6 Å². The number of nitrogens with zero attached hydrogens (tertiary/aromatic N) is 7. The molecule has 13 nitrogen and oxygen atoms in total. The Morgan fingerprint density at radius 3 is 2.55 bits per heavy atom. The summed E-state index contributed by atoms with van der Waals surface area (Å²) in [7, 11) is 3.48. The largest absolute Gasteiger partial charge is 0.481 e. The van der Waals surface area contributed by atoms with Crippen molar-refractivity contribution in [3.63, 3.8) is 0 Å². The van der Waals surface area contributed by atoms with Crippen LogP contribution in [0.1, 0.15) is 64.3 Å². The summed E-state index contributed by atoms with van der Waals surface area (Å²) in [5.74, 6) is 0.581. The molecule has 7 rings (SSSR count). The van der Waals surface area contributed by atoms with E-state index in [9.17, 15) is 9.59 Å². The monoisotopic (exact) mass is 784 g/mol. The number of pyridine rings is 2. The van der Waals surface area contributed by atoms with E-state index in [2.05, 4.69) is 37.6 Å². The van der Waals surface area contributed by atoms with Gasteiger partial charge in [-0.3, -0.25) is 24.6 Å². The molecule has 0 bridgehead atoms. The van der Waals surface area contributed by atoms with Gasteiger partial charge in [-0.25, -0.2) is 9.97 Å². The molecule has 5 aromatic rings. The Morgan fingerprint density at radius 1 is 1.02 bits per heavy atom. The van der Waals surface area contributed by atoms with E-state index < -0.39 is 0 Å². The molecule has 15 heteroatoms. The lowest BCUT2D eigenvalue weighted by molar-refractivity contribution is -0.129. The highest BCUT2D eigenvalue weighted by Gasteiger charge is 2.27. The number of likely N-dealkylation sites (tertiary alicyclic amines) is 1. The van der Waals surface area contributed by atoms with Crippen LogP contribution in [0.25, 0.3) is 22.5 Å². The zero-order valence-electron chi connectivity index (χ0n) is 31.8. The van der Waals surface area contributed by atoms with Crippen LogP contribution < -0.4 is 15.4 Å². The molecule has 1 saturated heterocycles. The number of nitrogens with one attached hydrogen (secondary N) is 3. The van der Waals surface area contributed by atoms with E-state index in [-0.39, 0.29) is 11.8 Å². The number of piperidine rings is 1. The summed E-state index contributed by atoms with van der Waals surface area (Å²) in [6.45, 7) is 10.2. The van der Waals surface area contributed by atoms with Crippen LogP contribution in [0.4, 0.5) is 5.69 Å². The van der Waals surface area contributed by atoms with Crippen LogP contribution in [-0.2, 0) is 37.8 Å². The van der Waals surface area contributed by atoms with E-state index in [1.165, 1.54) is 5.56 Å². The smallest absolute Gasteiger partial charge is 0.291 e. The lowest BCUT2D eigenvalue weighted by Crippen LogP contribution is -2.44. The summed E-state index contributed by atoms with van der Waals surface area (Å²) in [4.78, 5) is 43.8. The van der Waals surface area contributed by atoms with Gasteiger partial charge in [-0.15, -0.1) is 0 Å². The molecule has 2 amide bonds. The van der Waals surface area contributed by atoms with Crippen molar-refractivity contribution < 1.29 is 14.3 Å². The molecular weight excluding hydrogens is 739 g/mol. The highest BCUT2D eigenvalue weighted by Crippen LogP contribution is 2.40. The molecule has 3 N–H and O–H groups in total. The third-order valence-corrected chi connectivity index (χ3v) is 11.6. The average Bonchev–Trinajstić information content (AvgIpc) is 3.70. The van der Waals surface area contributed by atoms with Crippen molar-refractivity contribution >= 4 is 40.7 Å². The molecule has 1 fully saturated rings. The molecule has 0 aliphatic carbocycles. The molecule has 0 atom stereocenters. The summed E-state index contributed by atoms with van der Waals surface area (Å²) in [5, 5.41) is 14.6. The number of carbonyl (C=O) groups excluding carboxylic acids is 2. The molecular formula is C40H46Cl2N10O3. The quantitative estimate of drug-likeness (QED) is 0.144. The third kappa shape index (κ3) is 8.11. The SMILES string of the molecule is COc1nc(-c2ccnc(-c3cccc(NC(=O)c4nc5c(n4C)CCN(CCc4c(C)n[nH]c4C)C5)c3Cl)c2Cl)ccc1CNC1CCN(C(C)=O)CC1. The first-order chi connectivity index (χ1) is 26.5. The van der Waals surface area contributed by atoms with E-state index in [0.717, 1.165) is 80.2 Å². The first-order valence-electron chi connectivity index (χ1n) is 18.6. The molecule has 0 saturated carbocycles. The summed E-state index contributed by atoms with van der Waals surface area (Å²) in [5.41, 5.74) is 9.00. The van der Waals surface area contributed by atoms with Crippen LogP contribution in [0.2, 0.25) is 10.0 Å². The summed E-state index contributed by atoms with van der Waals surface area (Å²) >= 11 is 14.0. The number of hydrogen-bond donors (Lipinski definition) is 3. The Labute approximate surface area is 330 Å². The van der Waals surface area contributed by atoms with Gasteiger partial charge in [0.2, 0.25) is 11.8 Å². The molecule has 0 spiro atoms. The number of methoxy groups -OCH3 is 1. The molecule has 1 aromatic carbocycles. The van der Waals surface area contributed by atoms with Gasteiger partial charge in [0.05, 0.1) is 45.6 Å². The van der Waals surface area contributed by atoms with Crippen molar-refractivity contribution in [3.8, 4) is 28.4 Å². The van der Waals surface area contributed by atoms with Crippen molar-refractivity contribution in [2.24, 2.45) is 7.05 Å². The van der Waals surface area contributed by atoms with Crippen LogP contribution in [0.3, 0.4) is 0 Å². The molecule has 4 aromatic heterocycles. The van der Waals surface area contributed by atoms with Crippen molar-refractivity contribution in [1.82, 2.24) is 44.8 Å². The summed E-state index contributed by atoms with van der Waals surface area (Å²) < 4.78 is 7.58. The Kier molecular flexibility index (Phi) is 11.5. The number of fused-ring (bicyclic) bond motifs is 1. The molecule has 288 valence electrons. The Balaban J connectivity index is 1.04. The van der Waals surface area contributed by atoms with Crippen LogP contribution in [0.15, 0.2) is 42.6 Å². The van der Waals surface area contributed by atoms with Crippen LogP contribution in [0.5, 0.6) is 5.88 Å².